The molecule has 0 saturated heterocycles. The highest BCUT2D eigenvalue weighted by molar-refractivity contribution is 7.95. The molecule has 0 aliphatic heterocycles. The number of methoxy groups -OCH3 is 2. The van der Waals surface area contributed by atoms with Crippen molar-refractivity contribution in [3.8, 4) is 17.2 Å². The fourth-order valence-electron chi connectivity index (χ4n) is 6.07. The lowest BCUT2D eigenvalue weighted by molar-refractivity contribution is -0.432. The predicted molar refractivity (Wildman–Crippen MR) is 242 cm³/mol. The third kappa shape index (κ3) is 11.8. The van der Waals surface area contributed by atoms with E-state index in [4.69, 9.17) is 45.4 Å². The molecule has 0 saturated carbocycles. The van der Waals surface area contributed by atoms with Crippen LogP contribution in [-0.2, 0) is 38.2 Å². The topological polar surface area (TPSA) is 386 Å². The Balaban J connectivity index is 1.17. The molecule has 27 nitrogen and oxygen atoms in total. The predicted octanol–water partition coefficient (Wildman–Crippen LogP) is 10.6. The van der Waals surface area contributed by atoms with Crippen molar-refractivity contribution in [2.24, 2.45) is 30.7 Å². The molecule has 1 heterocycles. The van der Waals surface area contributed by atoms with Gasteiger partial charge in [-0.3, -0.25) is 4.55 Å². The molecule has 1 aromatic heterocycles. The first-order valence-corrected chi connectivity index (χ1v) is 22.0. The quantitative estimate of drug-likeness (QED) is 0.0116. The van der Waals surface area contributed by atoms with Crippen LogP contribution in [0.1, 0.15) is 0 Å². The summed E-state index contributed by atoms with van der Waals surface area (Å²) in [4.78, 5) is 11.8. The number of nitrogens with two attached hydrogens (primary N) is 2. The molecule has 7 rings (SSSR count). The lowest BCUT2D eigenvalue weighted by atomic mass is 10.1. The Kier molecular flexibility index (Phi) is 16.0. The Morgan fingerprint density at radius 2 is 1.25 bits per heavy atom. The molecule has 0 fully saturated rings. The van der Waals surface area contributed by atoms with Gasteiger partial charge in [-0.15, -0.1) is 33.5 Å². The fourth-order valence-corrected chi connectivity index (χ4v) is 8.27. The number of rotatable bonds is 20. The number of phenols is 1. The number of ether oxygens (including phenoxy) is 2. The second-order valence-electron chi connectivity index (χ2n) is 12.9. The Morgan fingerprint density at radius 3 is 1.94 bits per heavy atom. The molecule has 0 aliphatic rings. The number of nitrogens with zero attached hydrogens (tertiary/aromatic N) is 9. The highest BCUT2D eigenvalue weighted by atomic mass is 32.2. The zero-order valence-corrected chi connectivity index (χ0v) is 37.5. The highest BCUT2D eigenvalue weighted by Gasteiger charge is 2.20. The first-order chi connectivity index (χ1) is 32.8. The van der Waals surface area contributed by atoms with Crippen LogP contribution in [0.25, 0.3) is 21.5 Å². The number of benzene rings is 6. The number of anilines is 4. The summed E-state index contributed by atoms with van der Waals surface area (Å²) in [5.74, 6) is -0.273. The van der Waals surface area contributed by atoms with Gasteiger partial charge in [0.1, 0.15) is 39.1 Å². The summed E-state index contributed by atoms with van der Waals surface area (Å²) < 4.78 is 58.9. The number of fused-ring (bicyclic) bond motifs is 2. The van der Waals surface area contributed by atoms with Crippen molar-refractivity contribution in [2.75, 3.05) is 31.0 Å². The van der Waals surface area contributed by atoms with E-state index < -0.39 is 15.0 Å². The SMILES string of the molecule is COc1cc(N=Nc2ccc3c(S(=O)(=O)O)cc(SOOO)cc3c2)ccc1N=Nc1cc(OC)c(N=Nc2c(SOOO)cc3c(Nc4nc(N)nc(N)n4)cccc3c2O)cc1SOOO. The molecule has 10 N–H and O–H groups in total. The number of aromatic nitrogens is 3. The molecular formula is C37H30N12O15S4. The molecule has 0 bridgehead atoms. The van der Waals surface area contributed by atoms with E-state index in [0.717, 1.165) is 6.07 Å². The van der Waals surface area contributed by atoms with Crippen LogP contribution >= 0.6 is 36.1 Å². The van der Waals surface area contributed by atoms with Gasteiger partial charge in [-0.25, -0.2) is 15.8 Å². The maximum absolute atomic E-state index is 12.1. The Bertz CT molecular complexity index is 3190. The summed E-state index contributed by atoms with van der Waals surface area (Å²) in [7, 11) is -1.90. The normalized spacial score (nSPS) is 12.0. The minimum atomic E-state index is -4.65. The third-order valence-electron chi connectivity index (χ3n) is 8.86. The molecular weight excluding hydrogens is 981 g/mol. The Hall–Kier alpha value is -6.95. The summed E-state index contributed by atoms with van der Waals surface area (Å²) >= 11 is 1.51. The summed E-state index contributed by atoms with van der Waals surface area (Å²) in [6.07, 6.45) is 0. The number of nitrogen functional groups attached to an aromatic ring is 2. The van der Waals surface area contributed by atoms with E-state index in [1.54, 1.807) is 30.3 Å². The number of phenolic OH excluding ortho intramolecular Hbond substituents is 1. The molecule has 0 aliphatic carbocycles. The number of azo groups is 3. The van der Waals surface area contributed by atoms with E-state index in [9.17, 15) is 18.1 Å². The van der Waals surface area contributed by atoms with Crippen LogP contribution in [0.5, 0.6) is 17.2 Å². The van der Waals surface area contributed by atoms with Crippen molar-refractivity contribution in [1.29, 1.82) is 0 Å². The molecule has 0 radical (unpaired) electrons. The molecule has 0 spiro atoms. The van der Waals surface area contributed by atoms with Crippen LogP contribution in [0.4, 0.5) is 57.7 Å². The van der Waals surface area contributed by atoms with Crippen LogP contribution in [0.3, 0.4) is 0 Å². The minimum Gasteiger partial charge on any atom is -0.505 e. The second kappa shape index (κ2) is 22.2. The van der Waals surface area contributed by atoms with Gasteiger partial charge in [-0.1, -0.05) is 33.3 Å². The van der Waals surface area contributed by atoms with E-state index in [1.165, 1.54) is 62.8 Å². The van der Waals surface area contributed by atoms with Gasteiger partial charge >= 0.3 is 0 Å². The van der Waals surface area contributed by atoms with Crippen molar-refractivity contribution >= 4 is 125 Å². The third-order valence-corrected chi connectivity index (χ3v) is 11.6. The molecule has 0 unspecified atom stereocenters. The van der Waals surface area contributed by atoms with Gasteiger partial charge in [0.05, 0.1) is 71.5 Å². The van der Waals surface area contributed by atoms with Crippen LogP contribution in [0.15, 0.2) is 135 Å². The van der Waals surface area contributed by atoms with Crippen LogP contribution < -0.4 is 26.3 Å². The number of aromatic hydroxyl groups is 1. The monoisotopic (exact) mass is 1010 g/mol. The largest absolute Gasteiger partial charge is 0.505 e. The Morgan fingerprint density at radius 1 is 0.618 bits per heavy atom. The van der Waals surface area contributed by atoms with E-state index in [2.05, 4.69) is 70.4 Å². The van der Waals surface area contributed by atoms with Gasteiger partial charge in [0.25, 0.3) is 10.1 Å². The second-order valence-corrected chi connectivity index (χ2v) is 16.5. The zero-order chi connectivity index (χ0) is 48.4. The summed E-state index contributed by atoms with van der Waals surface area (Å²) in [6.45, 7) is 0. The molecule has 68 heavy (non-hydrogen) atoms. The molecule has 6 aromatic carbocycles. The van der Waals surface area contributed by atoms with E-state index >= 15 is 0 Å². The minimum absolute atomic E-state index is 0.0216. The average Bonchev–Trinajstić information content (AvgIpc) is 3.32. The van der Waals surface area contributed by atoms with Gasteiger partial charge in [0.2, 0.25) is 17.8 Å². The lowest BCUT2D eigenvalue weighted by Gasteiger charge is -2.13. The van der Waals surface area contributed by atoms with Gasteiger partial charge in [-0.05, 0) is 60.0 Å². The van der Waals surface area contributed by atoms with Crippen LogP contribution in [0, 0.1) is 0 Å². The van der Waals surface area contributed by atoms with Crippen molar-refractivity contribution in [3.63, 3.8) is 0 Å². The van der Waals surface area contributed by atoms with E-state index in [-0.39, 0.29) is 83.3 Å². The van der Waals surface area contributed by atoms with Crippen LogP contribution in [0.2, 0.25) is 0 Å². The van der Waals surface area contributed by atoms with Gasteiger partial charge in [0.15, 0.2) is 5.75 Å². The standard InChI is InChI=1S/C37H30N12O15S4/c1-57-28-12-19(45-44-18-6-8-21-17(10-18)11-20(65-62-59-51)13-32(21)68(54,55)56)7-9-25(28)46-48-27-15-29(58-2)26(16-30(27)66-63-60-52)47-49-33-31(67-64-61-53)14-23-22(34(33)50)4-3-5-24(23)40-37-42-35(38)41-36(39)43-37/h3-16,50-53H,1-2H3,(H,54,55,56)(H5,38,39,40,41,42,43). The Labute approximate surface area is 393 Å². The lowest BCUT2D eigenvalue weighted by Crippen LogP contribution is -2.06. The first kappa shape index (κ1) is 49.0. The smallest absolute Gasteiger partial charge is 0.295 e. The number of hydrogen-bond acceptors (Lipinski definition) is 29. The molecule has 0 atom stereocenters. The summed E-state index contributed by atoms with van der Waals surface area (Å²) in [5.41, 5.74) is 12.8. The van der Waals surface area contributed by atoms with E-state index in [1.807, 2.05) is 0 Å². The molecule has 31 heteroatoms. The van der Waals surface area contributed by atoms with Crippen molar-refractivity contribution < 1.29 is 71.4 Å². The van der Waals surface area contributed by atoms with Crippen molar-refractivity contribution in [3.05, 3.63) is 84.9 Å². The fraction of sp³-hybridized carbons (Fsp3) is 0.0541. The van der Waals surface area contributed by atoms with E-state index in [0.29, 0.717) is 64.0 Å². The maximum Gasteiger partial charge on any atom is 0.295 e. The van der Waals surface area contributed by atoms with Crippen molar-refractivity contribution in [1.82, 2.24) is 15.0 Å². The summed E-state index contributed by atoms with van der Waals surface area (Å²) in [5, 5.41) is 79.1. The van der Waals surface area contributed by atoms with Gasteiger partial charge in [-0.2, -0.15) is 33.6 Å². The van der Waals surface area contributed by atoms with Crippen LogP contribution in [-0.4, -0.2) is 63.0 Å². The maximum atomic E-state index is 12.1. The zero-order valence-electron chi connectivity index (χ0n) is 34.2. The van der Waals surface area contributed by atoms with Crippen molar-refractivity contribution in [2.45, 2.75) is 19.6 Å². The first-order valence-electron chi connectivity index (χ1n) is 18.3. The van der Waals surface area contributed by atoms with Gasteiger partial charge in [0, 0.05) is 38.9 Å². The molecule has 352 valence electrons. The number of nitrogens with one attached hydrogen (secondary N) is 1. The summed E-state index contributed by atoms with van der Waals surface area (Å²) in [6, 6.07) is 21.0. The average molecular weight is 1010 g/mol. The number of hydrogen-bond donors (Lipinski definition) is 8. The molecule has 7 aromatic rings. The van der Waals surface area contributed by atoms with Gasteiger partial charge < -0.3 is 31.4 Å². The highest BCUT2D eigenvalue weighted by Crippen LogP contribution is 2.48. The molecule has 0 amide bonds.